The van der Waals surface area contributed by atoms with Gasteiger partial charge >= 0.3 is 0 Å². The van der Waals surface area contributed by atoms with E-state index in [4.69, 9.17) is 10.2 Å². The summed E-state index contributed by atoms with van der Waals surface area (Å²) in [5.74, 6) is 0. The third kappa shape index (κ3) is 24.7. The van der Waals surface area contributed by atoms with Crippen molar-refractivity contribution in [3.8, 4) is 0 Å². The van der Waals surface area contributed by atoms with E-state index in [2.05, 4.69) is 0 Å². The van der Waals surface area contributed by atoms with E-state index >= 15 is 0 Å². The SMILES string of the molecule is CC(C)(C)CO.CCCO. The third-order valence-corrected chi connectivity index (χ3v) is 0.698. The van der Waals surface area contributed by atoms with Crippen molar-refractivity contribution in [2.24, 2.45) is 5.41 Å². The van der Waals surface area contributed by atoms with Gasteiger partial charge in [-0.25, -0.2) is 0 Å². The summed E-state index contributed by atoms with van der Waals surface area (Å²) in [5, 5.41) is 16.3. The lowest BCUT2D eigenvalue weighted by Crippen LogP contribution is -2.09. The molecule has 0 fully saturated rings. The molecule has 0 aromatic heterocycles. The fraction of sp³-hybridized carbons (Fsp3) is 1.00. The molecule has 10 heavy (non-hydrogen) atoms. The van der Waals surface area contributed by atoms with Gasteiger partial charge in [-0.3, -0.25) is 0 Å². The van der Waals surface area contributed by atoms with Crippen molar-refractivity contribution in [3.05, 3.63) is 0 Å². The molecule has 0 rings (SSSR count). The first-order valence-electron chi connectivity index (χ1n) is 3.69. The summed E-state index contributed by atoms with van der Waals surface area (Å²) in [4.78, 5) is 0. The maximum atomic E-state index is 8.40. The van der Waals surface area contributed by atoms with Gasteiger partial charge in [-0.2, -0.15) is 0 Å². The van der Waals surface area contributed by atoms with Crippen LogP contribution in [0.2, 0.25) is 0 Å². The van der Waals surface area contributed by atoms with Gasteiger partial charge in [0.1, 0.15) is 0 Å². The first-order chi connectivity index (χ1) is 4.47. The Hall–Kier alpha value is -0.0800. The maximum Gasteiger partial charge on any atom is 0.0479 e. The summed E-state index contributed by atoms with van der Waals surface area (Å²) in [6, 6.07) is 0. The van der Waals surface area contributed by atoms with E-state index in [0.717, 1.165) is 6.42 Å². The van der Waals surface area contributed by atoms with Crippen LogP contribution in [0.25, 0.3) is 0 Å². The topological polar surface area (TPSA) is 40.5 Å². The molecule has 2 nitrogen and oxygen atoms in total. The van der Waals surface area contributed by atoms with Crippen LogP contribution in [0.15, 0.2) is 0 Å². The molecule has 0 heterocycles. The number of aliphatic hydroxyl groups is 2. The summed E-state index contributed by atoms with van der Waals surface area (Å²) < 4.78 is 0. The molecule has 0 aromatic rings. The standard InChI is InChI=1S/C5H12O.C3H8O/c1-5(2,3)4-6;1-2-3-4/h6H,4H2,1-3H3;4H,2-3H2,1H3. The van der Waals surface area contributed by atoms with Crippen LogP contribution in [-0.2, 0) is 0 Å². The molecular formula is C8H20O2. The average Bonchev–Trinajstić information content (AvgIpc) is 1.87. The van der Waals surface area contributed by atoms with Gasteiger partial charge in [-0.15, -0.1) is 0 Å². The molecule has 0 atom stereocenters. The number of hydrogen-bond donors (Lipinski definition) is 2. The van der Waals surface area contributed by atoms with Crippen LogP contribution in [0.3, 0.4) is 0 Å². The highest BCUT2D eigenvalue weighted by Gasteiger charge is 2.05. The molecule has 0 aliphatic rings. The Labute approximate surface area is 63.9 Å². The van der Waals surface area contributed by atoms with Crippen molar-refractivity contribution in [1.82, 2.24) is 0 Å². The van der Waals surface area contributed by atoms with Crippen LogP contribution in [0.4, 0.5) is 0 Å². The zero-order valence-electron chi connectivity index (χ0n) is 7.52. The molecule has 64 valence electrons. The summed E-state index contributed by atoms with van der Waals surface area (Å²) in [6.45, 7) is 8.50. The highest BCUT2D eigenvalue weighted by molar-refractivity contribution is 4.55. The van der Waals surface area contributed by atoms with Crippen LogP contribution in [0.5, 0.6) is 0 Å². The van der Waals surface area contributed by atoms with Crippen molar-refractivity contribution in [2.75, 3.05) is 13.2 Å². The molecular weight excluding hydrogens is 128 g/mol. The molecule has 0 saturated carbocycles. The first-order valence-corrected chi connectivity index (χ1v) is 3.69. The third-order valence-electron chi connectivity index (χ3n) is 0.698. The van der Waals surface area contributed by atoms with Crippen molar-refractivity contribution < 1.29 is 10.2 Å². The Balaban J connectivity index is 0. The highest BCUT2D eigenvalue weighted by Crippen LogP contribution is 2.09. The van der Waals surface area contributed by atoms with Crippen LogP contribution in [0.1, 0.15) is 34.1 Å². The van der Waals surface area contributed by atoms with Crippen LogP contribution < -0.4 is 0 Å². The molecule has 2 heteroatoms. The van der Waals surface area contributed by atoms with Gasteiger partial charge in [0.15, 0.2) is 0 Å². The second-order valence-electron chi connectivity index (χ2n) is 3.44. The predicted octanol–water partition coefficient (Wildman–Crippen LogP) is 1.41. The number of rotatable bonds is 1. The molecule has 0 aliphatic heterocycles. The van der Waals surface area contributed by atoms with E-state index in [1.165, 1.54) is 0 Å². The highest BCUT2D eigenvalue weighted by atomic mass is 16.3. The minimum absolute atomic E-state index is 0.0972. The normalized spacial score (nSPS) is 10.2. The van der Waals surface area contributed by atoms with Crippen molar-refractivity contribution >= 4 is 0 Å². The van der Waals surface area contributed by atoms with Crippen molar-refractivity contribution in [3.63, 3.8) is 0 Å². The van der Waals surface area contributed by atoms with Crippen LogP contribution >= 0.6 is 0 Å². The van der Waals surface area contributed by atoms with Crippen LogP contribution in [-0.4, -0.2) is 23.4 Å². The second-order valence-corrected chi connectivity index (χ2v) is 3.44. The molecule has 0 unspecified atom stereocenters. The minimum Gasteiger partial charge on any atom is -0.396 e. The summed E-state index contributed by atoms with van der Waals surface area (Å²) in [5.41, 5.74) is 0.0972. The van der Waals surface area contributed by atoms with E-state index < -0.39 is 0 Å². The Morgan fingerprint density at radius 3 is 1.30 bits per heavy atom. The van der Waals surface area contributed by atoms with Crippen molar-refractivity contribution in [2.45, 2.75) is 34.1 Å². The number of aliphatic hydroxyl groups excluding tert-OH is 2. The predicted molar refractivity (Wildman–Crippen MR) is 43.9 cm³/mol. The average molecular weight is 148 g/mol. The van der Waals surface area contributed by atoms with Gasteiger partial charge in [-0.1, -0.05) is 27.7 Å². The molecule has 0 amide bonds. The van der Waals surface area contributed by atoms with Gasteiger partial charge in [0.05, 0.1) is 0 Å². The quantitative estimate of drug-likeness (QED) is 0.590. The van der Waals surface area contributed by atoms with Crippen LogP contribution in [0, 0.1) is 5.41 Å². The molecule has 2 N–H and O–H groups in total. The Kier molecular flexibility index (Phi) is 8.85. The molecule has 0 aliphatic carbocycles. The van der Waals surface area contributed by atoms with E-state index in [0.29, 0.717) is 6.61 Å². The maximum absolute atomic E-state index is 8.40. The zero-order valence-corrected chi connectivity index (χ0v) is 7.52. The lowest BCUT2D eigenvalue weighted by Gasteiger charge is -2.11. The molecule has 0 bridgehead atoms. The van der Waals surface area contributed by atoms with Crippen molar-refractivity contribution in [1.29, 1.82) is 0 Å². The smallest absolute Gasteiger partial charge is 0.0479 e. The van der Waals surface area contributed by atoms with Gasteiger partial charge in [0.2, 0.25) is 0 Å². The summed E-state index contributed by atoms with van der Waals surface area (Å²) in [6.07, 6.45) is 0.875. The van der Waals surface area contributed by atoms with Gasteiger partial charge in [-0.05, 0) is 11.8 Å². The minimum atomic E-state index is 0.0972. The largest absolute Gasteiger partial charge is 0.396 e. The molecule has 0 radical (unpaired) electrons. The fourth-order valence-corrected chi connectivity index (χ4v) is 0. The number of hydrogen-bond acceptors (Lipinski definition) is 2. The monoisotopic (exact) mass is 148 g/mol. The van der Waals surface area contributed by atoms with Gasteiger partial charge in [0.25, 0.3) is 0 Å². The molecule has 0 spiro atoms. The fourth-order valence-electron chi connectivity index (χ4n) is 0. The summed E-state index contributed by atoms with van der Waals surface area (Å²) in [7, 11) is 0. The van der Waals surface area contributed by atoms with E-state index in [-0.39, 0.29) is 12.0 Å². The Morgan fingerprint density at radius 2 is 1.30 bits per heavy atom. The first kappa shape index (κ1) is 12.6. The van der Waals surface area contributed by atoms with E-state index in [9.17, 15) is 0 Å². The van der Waals surface area contributed by atoms with E-state index in [1.54, 1.807) is 0 Å². The lowest BCUT2D eigenvalue weighted by atomic mass is 9.99. The molecule has 0 aromatic carbocycles. The van der Waals surface area contributed by atoms with E-state index in [1.807, 2.05) is 27.7 Å². The molecule has 0 saturated heterocycles. The second kappa shape index (κ2) is 7.03. The summed E-state index contributed by atoms with van der Waals surface area (Å²) >= 11 is 0. The Morgan fingerprint density at radius 1 is 1.10 bits per heavy atom. The van der Waals surface area contributed by atoms with Gasteiger partial charge in [0, 0.05) is 13.2 Å². The zero-order chi connectivity index (χ0) is 8.62. The Bertz CT molecular complexity index is 52.8. The van der Waals surface area contributed by atoms with Gasteiger partial charge < -0.3 is 10.2 Å². The lowest BCUT2D eigenvalue weighted by molar-refractivity contribution is 0.177.